The van der Waals surface area contributed by atoms with Gasteiger partial charge in [-0.05, 0) is 17.7 Å². The molecular formula is C8H7BrF2O. The number of rotatable bonds is 2. The van der Waals surface area contributed by atoms with E-state index in [0.29, 0.717) is 0 Å². The van der Waals surface area contributed by atoms with E-state index in [2.05, 4.69) is 15.9 Å². The first-order chi connectivity index (χ1) is 5.63. The molecule has 1 atom stereocenters. The summed E-state index contributed by atoms with van der Waals surface area (Å²) in [5.74, 6) is -1.35. The van der Waals surface area contributed by atoms with Crippen LogP contribution in [-0.2, 0) is 0 Å². The van der Waals surface area contributed by atoms with Gasteiger partial charge < -0.3 is 5.11 Å². The number of halogens is 3. The lowest BCUT2D eigenvalue weighted by molar-refractivity contribution is 0.204. The Morgan fingerprint density at radius 1 is 1.25 bits per heavy atom. The van der Waals surface area contributed by atoms with E-state index in [0.717, 1.165) is 18.2 Å². The van der Waals surface area contributed by atoms with Crippen LogP contribution in [0.3, 0.4) is 0 Å². The van der Waals surface area contributed by atoms with Crippen molar-refractivity contribution >= 4 is 15.9 Å². The molecule has 1 rings (SSSR count). The number of hydrogen-bond acceptors (Lipinski definition) is 1. The fourth-order valence-electron chi connectivity index (χ4n) is 0.857. The van der Waals surface area contributed by atoms with Gasteiger partial charge in [-0.1, -0.05) is 15.9 Å². The molecule has 0 heterocycles. The largest absolute Gasteiger partial charge is 0.388 e. The molecule has 1 aromatic carbocycles. The molecule has 1 aromatic rings. The van der Waals surface area contributed by atoms with Crippen molar-refractivity contribution in [1.29, 1.82) is 0 Å². The Morgan fingerprint density at radius 2 is 1.75 bits per heavy atom. The highest BCUT2D eigenvalue weighted by molar-refractivity contribution is 9.09. The number of hydrogen-bond donors (Lipinski definition) is 1. The molecule has 1 N–H and O–H groups in total. The highest BCUT2D eigenvalue weighted by Gasteiger charge is 2.08. The van der Waals surface area contributed by atoms with Gasteiger partial charge in [-0.15, -0.1) is 0 Å². The van der Waals surface area contributed by atoms with E-state index in [9.17, 15) is 13.9 Å². The van der Waals surface area contributed by atoms with E-state index < -0.39 is 17.7 Å². The van der Waals surface area contributed by atoms with Crippen LogP contribution in [0.15, 0.2) is 18.2 Å². The van der Waals surface area contributed by atoms with Crippen molar-refractivity contribution in [1.82, 2.24) is 0 Å². The van der Waals surface area contributed by atoms with Crippen LogP contribution in [0.25, 0.3) is 0 Å². The van der Waals surface area contributed by atoms with Crippen molar-refractivity contribution in [3.8, 4) is 0 Å². The van der Waals surface area contributed by atoms with E-state index in [1.54, 1.807) is 0 Å². The van der Waals surface area contributed by atoms with Gasteiger partial charge >= 0.3 is 0 Å². The summed E-state index contributed by atoms with van der Waals surface area (Å²) < 4.78 is 25.1. The molecule has 0 aliphatic heterocycles. The van der Waals surface area contributed by atoms with E-state index >= 15 is 0 Å². The molecule has 12 heavy (non-hydrogen) atoms. The van der Waals surface area contributed by atoms with E-state index in [4.69, 9.17) is 0 Å². The monoisotopic (exact) mass is 236 g/mol. The van der Waals surface area contributed by atoms with Crippen molar-refractivity contribution in [2.45, 2.75) is 6.10 Å². The Labute approximate surface area is 77.2 Å². The summed E-state index contributed by atoms with van der Waals surface area (Å²) in [6.07, 6.45) is -0.866. The molecule has 0 unspecified atom stereocenters. The molecule has 4 heteroatoms. The van der Waals surface area contributed by atoms with Gasteiger partial charge in [0.1, 0.15) is 11.6 Å². The maximum absolute atomic E-state index is 12.6. The molecule has 66 valence electrons. The van der Waals surface area contributed by atoms with Crippen molar-refractivity contribution in [2.75, 3.05) is 5.33 Å². The van der Waals surface area contributed by atoms with E-state index in [1.165, 1.54) is 0 Å². The van der Waals surface area contributed by atoms with Gasteiger partial charge in [0.05, 0.1) is 6.10 Å². The maximum Gasteiger partial charge on any atom is 0.126 e. The Morgan fingerprint density at radius 3 is 2.17 bits per heavy atom. The second kappa shape index (κ2) is 3.96. The molecule has 1 nitrogen and oxygen atoms in total. The molecule has 0 radical (unpaired) electrons. The molecular weight excluding hydrogens is 230 g/mol. The molecule has 0 saturated heterocycles. The second-order valence-corrected chi connectivity index (χ2v) is 3.02. The maximum atomic E-state index is 12.6. The zero-order chi connectivity index (χ0) is 9.14. The van der Waals surface area contributed by atoms with Gasteiger partial charge in [0.15, 0.2) is 0 Å². The van der Waals surface area contributed by atoms with Gasteiger partial charge in [-0.25, -0.2) is 8.78 Å². The average Bonchev–Trinajstić information content (AvgIpc) is 2.01. The highest BCUT2D eigenvalue weighted by Crippen LogP contribution is 2.17. The predicted molar refractivity (Wildman–Crippen MR) is 45.1 cm³/mol. The Hall–Kier alpha value is -0.480. The summed E-state index contributed by atoms with van der Waals surface area (Å²) in [6, 6.07) is 2.98. The summed E-state index contributed by atoms with van der Waals surface area (Å²) in [4.78, 5) is 0. The smallest absolute Gasteiger partial charge is 0.126 e. The van der Waals surface area contributed by atoms with Crippen molar-refractivity contribution in [3.63, 3.8) is 0 Å². The third-order valence-electron chi connectivity index (χ3n) is 1.42. The van der Waals surface area contributed by atoms with Gasteiger partial charge in [0.2, 0.25) is 0 Å². The molecule has 0 spiro atoms. The minimum Gasteiger partial charge on any atom is -0.388 e. The lowest BCUT2D eigenvalue weighted by Gasteiger charge is -2.06. The Bertz CT molecular complexity index is 258. The summed E-state index contributed by atoms with van der Waals surface area (Å²) in [6.45, 7) is 0. The number of aliphatic hydroxyl groups is 1. The zero-order valence-corrected chi connectivity index (χ0v) is 7.68. The topological polar surface area (TPSA) is 20.2 Å². The quantitative estimate of drug-likeness (QED) is 0.783. The van der Waals surface area contributed by atoms with Crippen LogP contribution in [0.5, 0.6) is 0 Å². The van der Waals surface area contributed by atoms with Crippen molar-refractivity contribution < 1.29 is 13.9 Å². The fourth-order valence-corrected chi connectivity index (χ4v) is 1.23. The number of benzene rings is 1. The standard InChI is InChI=1S/C8H7BrF2O/c9-4-8(12)5-1-6(10)3-7(11)2-5/h1-3,8,12H,4H2/t8-/m1/s1. The Balaban J connectivity index is 3.00. The molecule has 0 aliphatic rings. The van der Waals surface area contributed by atoms with Crippen LogP contribution >= 0.6 is 15.9 Å². The van der Waals surface area contributed by atoms with Crippen LogP contribution in [-0.4, -0.2) is 10.4 Å². The summed E-state index contributed by atoms with van der Waals surface area (Å²) in [5.41, 5.74) is 0.240. The predicted octanol–water partition coefficient (Wildman–Crippen LogP) is 2.39. The highest BCUT2D eigenvalue weighted by atomic mass is 79.9. The molecule has 0 amide bonds. The third kappa shape index (κ3) is 2.25. The summed E-state index contributed by atoms with van der Waals surface area (Å²) in [7, 11) is 0. The lowest BCUT2D eigenvalue weighted by Crippen LogP contribution is -1.99. The van der Waals surface area contributed by atoms with Crippen LogP contribution in [0, 0.1) is 11.6 Å². The third-order valence-corrected chi connectivity index (χ3v) is 2.03. The first-order valence-corrected chi connectivity index (χ1v) is 4.45. The average molecular weight is 237 g/mol. The molecule has 0 bridgehead atoms. The first-order valence-electron chi connectivity index (χ1n) is 3.33. The van der Waals surface area contributed by atoms with Crippen molar-refractivity contribution in [2.24, 2.45) is 0 Å². The fraction of sp³-hybridized carbons (Fsp3) is 0.250. The van der Waals surface area contributed by atoms with Crippen LogP contribution in [0.4, 0.5) is 8.78 Å². The van der Waals surface area contributed by atoms with Crippen LogP contribution in [0.2, 0.25) is 0 Å². The van der Waals surface area contributed by atoms with Gasteiger partial charge in [-0.2, -0.15) is 0 Å². The molecule has 0 aromatic heterocycles. The molecule has 0 saturated carbocycles. The van der Waals surface area contributed by atoms with Crippen molar-refractivity contribution in [3.05, 3.63) is 35.4 Å². The SMILES string of the molecule is O[C@H](CBr)c1cc(F)cc(F)c1. The first kappa shape index (κ1) is 9.61. The van der Waals surface area contributed by atoms with Crippen LogP contribution < -0.4 is 0 Å². The van der Waals surface area contributed by atoms with E-state index in [1.807, 2.05) is 0 Å². The second-order valence-electron chi connectivity index (χ2n) is 2.37. The summed E-state index contributed by atoms with van der Waals surface area (Å²) >= 11 is 3.01. The van der Waals surface area contributed by atoms with Gasteiger partial charge in [0, 0.05) is 11.4 Å². The molecule has 0 fully saturated rings. The number of alkyl halides is 1. The molecule has 0 aliphatic carbocycles. The zero-order valence-electron chi connectivity index (χ0n) is 6.10. The van der Waals surface area contributed by atoms with Crippen LogP contribution in [0.1, 0.15) is 11.7 Å². The summed E-state index contributed by atoms with van der Waals surface area (Å²) in [5, 5.41) is 9.46. The van der Waals surface area contributed by atoms with Gasteiger partial charge in [-0.3, -0.25) is 0 Å². The number of aliphatic hydroxyl groups excluding tert-OH is 1. The normalized spacial score (nSPS) is 13.0. The minimum atomic E-state index is -0.866. The minimum absolute atomic E-state index is 0.240. The van der Waals surface area contributed by atoms with Gasteiger partial charge in [0.25, 0.3) is 0 Å². The Kier molecular flexibility index (Phi) is 3.17. The van der Waals surface area contributed by atoms with E-state index in [-0.39, 0.29) is 10.9 Å². The lowest BCUT2D eigenvalue weighted by atomic mass is 10.1.